The predicted molar refractivity (Wildman–Crippen MR) is 65.0 cm³/mol. The van der Waals surface area contributed by atoms with Crippen molar-refractivity contribution >= 4 is 11.8 Å². The van der Waals surface area contributed by atoms with Crippen molar-refractivity contribution in [3.8, 4) is 0 Å². The number of carbonyl (C=O) groups is 2. The number of aryl methyl sites for hydroxylation is 1. The van der Waals surface area contributed by atoms with Crippen LogP contribution in [0.3, 0.4) is 0 Å². The van der Waals surface area contributed by atoms with Crippen molar-refractivity contribution in [3.05, 3.63) is 23.7 Å². The summed E-state index contributed by atoms with van der Waals surface area (Å²) in [5.74, 6) is -0.0220. The molecule has 0 radical (unpaired) electrons. The number of primary amides is 1. The topological polar surface area (TPSA) is 79.8 Å². The van der Waals surface area contributed by atoms with Gasteiger partial charge in [0.1, 0.15) is 0 Å². The maximum Gasteiger partial charge on any atom is 0.289 e. The Morgan fingerprint density at radius 1 is 1.33 bits per heavy atom. The fourth-order valence-electron chi connectivity index (χ4n) is 2.06. The zero-order chi connectivity index (χ0) is 13.1. The summed E-state index contributed by atoms with van der Waals surface area (Å²) in [4.78, 5) is 26.6. The Morgan fingerprint density at radius 3 is 2.50 bits per heavy atom. The molecule has 0 bridgehead atoms. The summed E-state index contributed by atoms with van der Waals surface area (Å²) in [6, 6.07) is 1.77. The van der Waals surface area contributed by atoms with Crippen molar-refractivity contribution in [2.75, 3.05) is 32.7 Å². The SMILES string of the molecule is Cc1ccoc1C(=O)N1CCN(CC(N)=O)CC1. The third kappa shape index (κ3) is 2.70. The van der Waals surface area contributed by atoms with Crippen LogP contribution in [-0.2, 0) is 4.79 Å². The molecule has 0 atom stereocenters. The molecule has 1 aromatic heterocycles. The Kier molecular flexibility index (Phi) is 3.66. The first-order chi connectivity index (χ1) is 8.58. The van der Waals surface area contributed by atoms with Gasteiger partial charge in [0.15, 0.2) is 5.76 Å². The van der Waals surface area contributed by atoms with Gasteiger partial charge in [-0.25, -0.2) is 0 Å². The van der Waals surface area contributed by atoms with Crippen molar-refractivity contribution in [2.24, 2.45) is 5.73 Å². The first-order valence-electron chi connectivity index (χ1n) is 5.92. The Balaban J connectivity index is 1.92. The van der Waals surface area contributed by atoms with E-state index in [4.69, 9.17) is 10.2 Å². The van der Waals surface area contributed by atoms with Crippen LogP contribution in [0.2, 0.25) is 0 Å². The zero-order valence-corrected chi connectivity index (χ0v) is 10.4. The highest BCUT2D eigenvalue weighted by Gasteiger charge is 2.25. The lowest BCUT2D eigenvalue weighted by Gasteiger charge is -2.33. The van der Waals surface area contributed by atoms with E-state index in [1.807, 2.05) is 11.8 Å². The lowest BCUT2D eigenvalue weighted by Crippen LogP contribution is -2.50. The molecule has 6 nitrogen and oxygen atoms in total. The van der Waals surface area contributed by atoms with Gasteiger partial charge in [-0.2, -0.15) is 0 Å². The van der Waals surface area contributed by atoms with Gasteiger partial charge in [0.2, 0.25) is 5.91 Å². The molecule has 0 spiro atoms. The van der Waals surface area contributed by atoms with Gasteiger partial charge in [0.05, 0.1) is 12.8 Å². The van der Waals surface area contributed by atoms with Gasteiger partial charge in [-0.15, -0.1) is 0 Å². The molecule has 2 heterocycles. The molecule has 1 aromatic rings. The van der Waals surface area contributed by atoms with Crippen LogP contribution in [0, 0.1) is 6.92 Å². The van der Waals surface area contributed by atoms with Gasteiger partial charge in [0, 0.05) is 31.7 Å². The number of hydrogen-bond donors (Lipinski definition) is 1. The second kappa shape index (κ2) is 5.22. The number of carbonyl (C=O) groups excluding carboxylic acids is 2. The summed E-state index contributed by atoms with van der Waals surface area (Å²) < 4.78 is 5.19. The average Bonchev–Trinajstić information content (AvgIpc) is 2.75. The highest BCUT2D eigenvalue weighted by molar-refractivity contribution is 5.92. The maximum absolute atomic E-state index is 12.1. The monoisotopic (exact) mass is 251 g/mol. The molecule has 1 fully saturated rings. The van der Waals surface area contributed by atoms with Crippen LogP contribution >= 0.6 is 0 Å². The maximum atomic E-state index is 12.1. The predicted octanol–water partition coefficient (Wildman–Crippen LogP) is -0.169. The minimum atomic E-state index is -0.336. The molecule has 18 heavy (non-hydrogen) atoms. The minimum absolute atomic E-state index is 0.0868. The fourth-order valence-corrected chi connectivity index (χ4v) is 2.06. The quantitative estimate of drug-likeness (QED) is 0.809. The van der Waals surface area contributed by atoms with E-state index in [1.165, 1.54) is 6.26 Å². The first-order valence-corrected chi connectivity index (χ1v) is 5.92. The van der Waals surface area contributed by atoms with Crippen LogP contribution in [0.5, 0.6) is 0 Å². The Hall–Kier alpha value is -1.82. The lowest BCUT2D eigenvalue weighted by molar-refractivity contribution is -0.119. The third-order valence-corrected chi connectivity index (χ3v) is 3.10. The van der Waals surface area contributed by atoms with Gasteiger partial charge < -0.3 is 15.1 Å². The van der Waals surface area contributed by atoms with Crippen LogP contribution in [-0.4, -0.2) is 54.3 Å². The normalized spacial score (nSPS) is 16.8. The van der Waals surface area contributed by atoms with E-state index in [2.05, 4.69) is 0 Å². The number of hydrogen-bond acceptors (Lipinski definition) is 4. The van der Waals surface area contributed by atoms with Crippen LogP contribution < -0.4 is 5.73 Å². The summed E-state index contributed by atoms with van der Waals surface area (Å²) in [6.07, 6.45) is 1.52. The van der Waals surface area contributed by atoms with E-state index >= 15 is 0 Å². The number of piperazine rings is 1. The van der Waals surface area contributed by atoms with E-state index in [0.717, 1.165) is 5.56 Å². The second-order valence-corrected chi connectivity index (χ2v) is 4.47. The zero-order valence-electron chi connectivity index (χ0n) is 10.4. The van der Waals surface area contributed by atoms with Crippen LogP contribution in [0.25, 0.3) is 0 Å². The molecular formula is C12H17N3O3. The van der Waals surface area contributed by atoms with Gasteiger partial charge in [-0.3, -0.25) is 14.5 Å². The fraction of sp³-hybridized carbons (Fsp3) is 0.500. The Bertz CT molecular complexity index is 447. The average molecular weight is 251 g/mol. The summed E-state index contributed by atoms with van der Waals surface area (Å²) in [7, 11) is 0. The van der Waals surface area contributed by atoms with Gasteiger partial charge >= 0.3 is 0 Å². The van der Waals surface area contributed by atoms with Gasteiger partial charge in [0.25, 0.3) is 5.91 Å². The van der Waals surface area contributed by atoms with E-state index < -0.39 is 0 Å². The molecule has 2 amide bonds. The van der Waals surface area contributed by atoms with Crippen LogP contribution in [0.4, 0.5) is 0 Å². The summed E-state index contributed by atoms with van der Waals surface area (Å²) in [5, 5.41) is 0. The highest BCUT2D eigenvalue weighted by atomic mass is 16.3. The van der Waals surface area contributed by atoms with Crippen molar-refractivity contribution in [1.82, 2.24) is 9.80 Å². The van der Waals surface area contributed by atoms with E-state index in [0.29, 0.717) is 31.9 Å². The van der Waals surface area contributed by atoms with E-state index in [1.54, 1.807) is 11.0 Å². The van der Waals surface area contributed by atoms with Crippen molar-refractivity contribution in [1.29, 1.82) is 0 Å². The Labute approximate surface area is 105 Å². The van der Waals surface area contributed by atoms with Crippen LogP contribution in [0.1, 0.15) is 16.1 Å². The molecular weight excluding hydrogens is 234 g/mol. The number of nitrogens with two attached hydrogens (primary N) is 1. The molecule has 2 rings (SSSR count). The molecule has 0 aromatic carbocycles. The standard InChI is InChI=1S/C12H17N3O3/c1-9-2-7-18-11(9)12(17)15-5-3-14(4-6-15)8-10(13)16/h2,7H,3-6,8H2,1H3,(H2,13,16). The summed E-state index contributed by atoms with van der Waals surface area (Å²) >= 11 is 0. The molecule has 98 valence electrons. The molecule has 1 aliphatic rings. The molecule has 2 N–H and O–H groups in total. The third-order valence-electron chi connectivity index (χ3n) is 3.10. The van der Waals surface area contributed by atoms with E-state index in [9.17, 15) is 9.59 Å². The molecule has 6 heteroatoms. The van der Waals surface area contributed by atoms with Crippen molar-refractivity contribution in [2.45, 2.75) is 6.92 Å². The second-order valence-electron chi connectivity index (χ2n) is 4.47. The molecule has 1 aliphatic heterocycles. The molecule has 0 unspecified atom stereocenters. The van der Waals surface area contributed by atoms with Crippen LogP contribution in [0.15, 0.2) is 16.7 Å². The first kappa shape index (κ1) is 12.6. The minimum Gasteiger partial charge on any atom is -0.459 e. The molecule has 0 saturated carbocycles. The van der Waals surface area contributed by atoms with E-state index in [-0.39, 0.29) is 18.4 Å². The van der Waals surface area contributed by atoms with Crippen molar-refractivity contribution < 1.29 is 14.0 Å². The van der Waals surface area contributed by atoms with Gasteiger partial charge in [-0.05, 0) is 13.0 Å². The highest BCUT2D eigenvalue weighted by Crippen LogP contribution is 2.13. The number of furan rings is 1. The lowest BCUT2D eigenvalue weighted by atomic mass is 10.2. The van der Waals surface area contributed by atoms with Gasteiger partial charge in [-0.1, -0.05) is 0 Å². The number of nitrogens with zero attached hydrogens (tertiary/aromatic N) is 2. The smallest absolute Gasteiger partial charge is 0.289 e. The summed E-state index contributed by atoms with van der Waals surface area (Å²) in [5.41, 5.74) is 5.99. The number of rotatable bonds is 3. The molecule has 1 saturated heterocycles. The number of amides is 2. The largest absolute Gasteiger partial charge is 0.459 e. The van der Waals surface area contributed by atoms with Crippen molar-refractivity contribution in [3.63, 3.8) is 0 Å². The Morgan fingerprint density at radius 2 is 2.00 bits per heavy atom. The molecule has 0 aliphatic carbocycles. The summed E-state index contributed by atoms with van der Waals surface area (Å²) in [6.45, 7) is 4.60.